The number of aldehydes is 1. The van der Waals surface area contributed by atoms with Gasteiger partial charge in [-0.3, -0.25) is 4.79 Å². The van der Waals surface area contributed by atoms with Gasteiger partial charge in [0, 0.05) is 5.57 Å². The van der Waals surface area contributed by atoms with E-state index >= 15 is 0 Å². The van der Waals surface area contributed by atoms with Crippen molar-refractivity contribution in [3.63, 3.8) is 0 Å². The Bertz CT molecular complexity index is 720. The van der Waals surface area contributed by atoms with Gasteiger partial charge in [-0.05, 0) is 47.5 Å². The number of hydrogen-bond acceptors (Lipinski definition) is 4. The monoisotopic (exact) mass is 332 g/mol. The molecule has 5 heteroatoms. The van der Waals surface area contributed by atoms with Crippen molar-refractivity contribution in [3.05, 3.63) is 53.6 Å². The molecule has 0 spiro atoms. The largest absolute Gasteiger partial charge is 0.497 e. The lowest BCUT2D eigenvalue weighted by Crippen LogP contribution is -1.94. The van der Waals surface area contributed by atoms with Crippen molar-refractivity contribution in [2.75, 3.05) is 21.3 Å². The van der Waals surface area contributed by atoms with Crippen molar-refractivity contribution in [1.29, 1.82) is 0 Å². The SMILES string of the molecule is COc1ccc(/C(Cl)=C(/C=O)c2ccc(OC)c(OC)c2)cc1. The summed E-state index contributed by atoms with van der Waals surface area (Å²) in [6.45, 7) is 0. The smallest absolute Gasteiger partial charge is 0.161 e. The van der Waals surface area contributed by atoms with Crippen molar-refractivity contribution in [2.24, 2.45) is 0 Å². The summed E-state index contributed by atoms with van der Waals surface area (Å²) in [4.78, 5) is 11.6. The predicted octanol–water partition coefficient (Wildman–Crippen LogP) is 4.02. The molecule has 2 aromatic rings. The molecule has 0 aromatic heterocycles. The van der Waals surface area contributed by atoms with Crippen LogP contribution in [-0.2, 0) is 4.79 Å². The van der Waals surface area contributed by atoms with E-state index in [4.69, 9.17) is 25.8 Å². The molecule has 0 fully saturated rings. The first-order valence-electron chi connectivity index (χ1n) is 6.86. The van der Waals surface area contributed by atoms with Crippen molar-refractivity contribution >= 4 is 28.5 Å². The number of methoxy groups -OCH3 is 3. The molecule has 0 saturated heterocycles. The summed E-state index contributed by atoms with van der Waals surface area (Å²) in [6.07, 6.45) is 0.730. The molecule has 120 valence electrons. The Morgan fingerprint density at radius 3 is 2.00 bits per heavy atom. The molecule has 4 nitrogen and oxygen atoms in total. The maximum Gasteiger partial charge on any atom is 0.161 e. The molecule has 0 heterocycles. The Kier molecular flexibility index (Phi) is 5.66. The van der Waals surface area contributed by atoms with Gasteiger partial charge in [-0.25, -0.2) is 0 Å². The highest BCUT2D eigenvalue weighted by Gasteiger charge is 2.12. The summed E-state index contributed by atoms with van der Waals surface area (Å²) in [5, 5.41) is 0.356. The van der Waals surface area contributed by atoms with Crippen LogP contribution in [0.2, 0.25) is 0 Å². The van der Waals surface area contributed by atoms with E-state index in [-0.39, 0.29) is 0 Å². The molecule has 0 N–H and O–H groups in total. The van der Waals surface area contributed by atoms with E-state index in [1.54, 1.807) is 56.7 Å². The highest BCUT2D eigenvalue weighted by atomic mass is 35.5. The van der Waals surface area contributed by atoms with Crippen LogP contribution >= 0.6 is 11.6 Å². The minimum atomic E-state index is 0.356. The van der Waals surface area contributed by atoms with Gasteiger partial charge in [0.05, 0.1) is 26.4 Å². The van der Waals surface area contributed by atoms with E-state index in [9.17, 15) is 4.79 Å². The third-order valence-corrected chi connectivity index (χ3v) is 3.81. The zero-order chi connectivity index (χ0) is 16.8. The van der Waals surface area contributed by atoms with Gasteiger partial charge in [0.15, 0.2) is 17.8 Å². The van der Waals surface area contributed by atoms with Crippen molar-refractivity contribution < 1.29 is 19.0 Å². The van der Waals surface area contributed by atoms with Crippen LogP contribution in [0.25, 0.3) is 10.6 Å². The van der Waals surface area contributed by atoms with E-state index in [1.807, 2.05) is 0 Å². The van der Waals surface area contributed by atoms with Crippen LogP contribution in [0.15, 0.2) is 42.5 Å². The molecule has 0 aliphatic heterocycles. The van der Waals surface area contributed by atoms with Crippen LogP contribution in [0.3, 0.4) is 0 Å². The number of benzene rings is 2. The first kappa shape index (κ1) is 16.9. The van der Waals surface area contributed by atoms with Gasteiger partial charge >= 0.3 is 0 Å². The lowest BCUT2D eigenvalue weighted by Gasteiger charge is -2.11. The molecule has 23 heavy (non-hydrogen) atoms. The van der Waals surface area contributed by atoms with Crippen LogP contribution in [-0.4, -0.2) is 27.6 Å². The number of ether oxygens (including phenoxy) is 3. The molecule has 0 saturated carbocycles. The average molecular weight is 333 g/mol. The lowest BCUT2D eigenvalue weighted by atomic mass is 10.0. The maximum atomic E-state index is 11.6. The summed E-state index contributed by atoms with van der Waals surface area (Å²) in [7, 11) is 4.68. The summed E-state index contributed by atoms with van der Waals surface area (Å²) in [5.74, 6) is 1.84. The molecular weight excluding hydrogens is 316 g/mol. The molecule has 0 aliphatic carbocycles. The molecule has 0 unspecified atom stereocenters. The van der Waals surface area contributed by atoms with Gasteiger partial charge in [0.2, 0.25) is 0 Å². The summed E-state index contributed by atoms with van der Waals surface area (Å²) < 4.78 is 15.6. The quantitative estimate of drug-likeness (QED) is 0.455. The average Bonchev–Trinajstić information content (AvgIpc) is 2.62. The second-order valence-corrected chi connectivity index (χ2v) is 5.02. The molecule has 0 aliphatic rings. The van der Waals surface area contributed by atoms with Crippen LogP contribution in [0, 0.1) is 0 Å². The van der Waals surface area contributed by atoms with Gasteiger partial charge in [-0.1, -0.05) is 17.7 Å². The van der Waals surface area contributed by atoms with Gasteiger partial charge in [0.25, 0.3) is 0 Å². The van der Waals surface area contributed by atoms with E-state index < -0.39 is 0 Å². The summed E-state index contributed by atoms with van der Waals surface area (Å²) in [5.41, 5.74) is 1.75. The number of halogens is 1. The number of hydrogen-bond donors (Lipinski definition) is 0. The van der Waals surface area contributed by atoms with Crippen LogP contribution in [0.4, 0.5) is 0 Å². The number of carbonyl (C=O) groups is 1. The van der Waals surface area contributed by atoms with Crippen LogP contribution in [0.5, 0.6) is 17.2 Å². The Morgan fingerprint density at radius 1 is 0.870 bits per heavy atom. The topological polar surface area (TPSA) is 44.8 Å². The third-order valence-electron chi connectivity index (χ3n) is 3.39. The Balaban J connectivity index is 2.49. The first-order chi connectivity index (χ1) is 11.1. The van der Waals surface area contributed by atoms with E-state index in [2.05, 4.69) is 0 Å². The normalized spacial score (nSPS) is 11.5. The molecule has 0 atom stereocenters. The predicted molar refractivity (Wildman–Crippen MR) is 91.3 cm³/mol. The molecule has 2 rings (SSSR count). The zero-order valence-corrected chi connectivity index (χ0v) is 13.9. The second kappa shape index (κ2) is 7.70. The molecular formula is C18H17ClO4. The van der Waals surface area contributed by atoms with Crippen LogP contribution < -0.4 is 14.2 Å². The van der Waals surface area contributed by atoms with E-state index in [0.717, 1.165) is 17.6 Å². The molecule has 0 bridgehead atoms. The summed E-state index contributed by atoms with van der Waals surface area (Å²) in [6, 6.07) is 12.4. The number of rotatable bonds is 6. The third kappa shape index (κ3) is 3.66. The lowest BCUT2D eigenvalue weighted by molar-refractivity contribution is -0.103. The van der Waals surface area contributed by atoms with Gasteiger partial charge in [-0.2, -0.15) is 0 Å². The number of carbonyl (C=O) groups excluding carboxylic acids is 1. The van der Waals surface area contributed by atoms with Gasteiger partial charge in [-0.15, -0.1) is 0 Å². The van der Waals surface area contributed by atoms with Crippen LogP contribution in [0.1, 0.15) is 11.1 Å². The van der Waals surface area contributed by atoms with Gasteiger partial charge < -0.3 is 14.2 Å². The van der Waals surface area contributed by atoms with E-state index in [0.29, 0.717) is 27.7 Å². The fourth-order valence-electron chi connectivity index (χ4n) is 2.14. The number of allylic oxidation sites excluding steroid dienone is 1. The van der Waals surface area contributed by atoms with Crippen molar-refractivity contribution in [1.82, 2.24) is 0 Å². The zero-order valence-electron chi connectivity index (χ0n) is 13.1. The van der Waals surface area contributed by atoms with Gasteiger partial charge in [0.1, 0.15) is 5.75 Å². The second-order valence-electron chi connectivity index (χ2n) is 4.64. The highest BCUT2D eigenvalue weighted by molar-refractivity contribution is 6.55. The Labute approximate surface area is 140 Å². The minimum Gasteiger partial charge on any atom is -0.497 e. The van der Waals surface area contributed by atoms with E-state index in [1.165, 1.54) is 7.11 Å². The Morgan fingerprint density at radius 2 is 1.48 bits per heavy atom. The first-order valence-corrected chi connectivity index (χ1v) is 7.24. The fraction of sp³-hybridized carbons (Fsp3) is 0.167. The molecule has 2 aromatic carbocycles. The minimum absolute atomic E-state index is 0.356. The Hall–Kier alpha value is -2.46. The molecule has 0 radical (unpaired) electrons. The van der Waals surface area contributed by atoms with Crippen molar-refractivity contribution in [3.8, 4) is 17.2 Å². The standard InChI is InChI=1S/C18H17ClO4/c1-21-14-7-4-12(5-8-14)18(19)15(11-20)13-6-9-16(22-2)17(10-13)23-3/h4-11H,1-3H3/b18-15+. The fourth-order valence-corrected chi connectivity index (χ4v) is 2.42. The highest BCUT2D eigenvalue weighted by Crippen LogP contribution is 2.34. The van der Waals surface area contributed by atoms with Crippen molar-refractivity contribution in [2.45, 2.75) is 0 Å². The maximum absolute atomic E-state index is 11.6. The summed E-state index contributed by atoms with van der Waals surface area (Å²) >= 11 is 6.41. The molecule has 0 amide bonds.